The van der Waals surface area contributed by atoms with E-state index in [4.69, 9.17) is 18.9 Å². The second kappa shape index (κ2) is 13.4. The van der Waals surface area contributed by atoms with E-state index in [0.29, 0.717) is 40.7 Å². The van der Waals surface area contributed by atoms with E-state index >= 15 is 0 Å². The Balaban J connectivity index is 1.21. The van der Waals surface area contributed by atoms with Crippen LogP contribution in [0.15, 0.2) is 101 Å². The summed E-state index contributed by atoms with van der Waals surface area (Å²) in [6, 6.07) is 25.5. The number of carbonyl (C=O) groups excluding carboxylic acids is 1. The van der Waals surface area contributed by atoms with Gasteiger partial charge in [0.15, 0.2) is 23.0 Å². The first-order valence-corrected chi connectivity index (χ1v) is 14.9. The average Bonchev–Trinajstić information content (AvgIpc) is 3.48. The van der Waals surface area contributed by atoms with Crippen LogP contribution >= 0.6 is 0 Å². The molecule has 0 aliphatic carbocycles. The lowest BCUT2D eigenvalue weighted by Crippen LogP contribution is -2.32. The van der Waals surface area contributed by atoms with Crippen molar-refractivity contribution in [1.82, 2.24) is 10.1 Å². The Morgan fingerprint density at radius 1 is 0.953 bits per heavy atom. The molecule has 0 aromatic heterocycles. The Morgan fingerprint density at radius 2 is 1.72 bits per heavy atom. The van der Waals surface area contributed by atoms with Gasteiger partial charge in [-0.05, 0) is 66.1 Å². The van der Waals surface area contributed by atoms with Gasteiger partial charge in [-0.3, -0.25) is 4.79 Å². The fourth-order valence-electron chi connectivity index (χ4n) is 4.37. The molecule has 1 atom stereocenters. The van der Waals surface area contributed by atoms with E-state index in [9.17, 15) is 13.2 Å². The van der Waals surface area contributed by atoms with E-state index in [0.717, 1.165) is 11.1 Å². The van der Waals surface area contributed by atoms with Crippen molar-refractivity contribution in [2.45, 2.75) is 30.9 Å². The minimum Gasteiger partial charge on any atom is -0.493 e. The van der Waals surface area contributed by atoms with Gasteiger partial charge in [0.1, 0.15) is 6.61 Å². The maximum atomic E-state index is 13.1. The smallest absolute Gasteiger partial charge is 0.242 e. The van der Waals surface area contributed by atoms with Gasteiger partial charge in [-0.25, -0.2) is 18.6 Å². The standard InChI is InChI=1S/C32H31N3O7S/c1-22-8-12-26(13-9-22)43(37,38)35-27(25-6-4-3-5-7-25)18-32(36)34-33-19-23-10-14-28(30(16-23)39-2)40-20-24-11-15-29-31(17-24)42-21-41-29/h3-17,19,27,35H,18,20-21H2,1-2H3,(H,34,36)/b33-19-/t27-/m1/s1. The highest BCUT2D eigenvalue weighted by Gasteiger charge is 2.24. The van der Waals surface area contributed by atoms with Gasteiger partial charge in [0.25, 0.3) is 0 Å². The summed E-state index contributed by atoms with van der Waals surface area (Å²) in [4.78, 5) is 13.0. The van der Waals surface area contributed by atoms with Gasteiger partial charge in [0.2, 0.25) is 22.7 Å². The van der Waals surface area contributed by atoms with Crippen LogP contribution in [0.3, 0.4) is 0 Å². The predicted octanol–water partition coefficient (Wildman–Crippen LogP) is 4.87. The maximum absolute atomic E-state index is 13.1. The molecule has 0 saturated carbocycles. The van der Waals surface area contributed by atoms with Crippen LogP contribution in [-0.2, 0) is 21.4 Å². The van der Waals surface area contributed by atoms with Crippen LogP contribution in [-0.4, -0.2) is 34.4 Å². The second-order valence-corrected chi connectivity index (χ2v) is 11.5. The first kappa shape index (κ1) is 29.6. The SMILES string of the molecule is COc1cc(/C=N\NC(=O)C[C@@H](NS(=O)(=O)c2ccc(C)cc2)c2ccccc2)ccc1OCc1ccc2c(c1)OCO2. The lowest BCUT2D eigenvalue weighted by Gasteiger charge is -2.18. The molecule has 1 amide bonds. The fourth-order valence-corrected chi connectivity index (χ4v) is 5.60. The summed E-state index contributed by atoms with van der Waals surface area (Å²) in [5.41, 5.74) is 5.65. The number of nitrogens with one attached hydrogen (secondary N) is 2. The van der Waals surface area contributed by atoms with Crippen LogP contribution in [0.2, 0.25) is 0 Å². The molecule has 11 heteroatoms. The van der Waals surface area contributed by atoms with Gasteiger partial charge in [0.05, 0.1) is 24.3 Å². The number of methoxy groups -OCH3 is 1. The zero-order valence-electron chi connectivity index (χ0n) is 23.6. The highest BCUT2D eigenvalue weighted by molar-refractivity contribution is 7.89. The molecule has 1 heterocycles. The van der Waals surface area contributed by atoms with Crippen molar-refractivity contribution >= 4 is 22.1 Å². The quantitative estimate of drug-likeness (QED) is 0.175. The van der Waals surface area contributed by atoms with Crippen LogP contribution in [0.25, 0.3) is 0 Å². The van der Waals surface area contributed by atoms with Crippen LogP contribution in [0.1, 0.15) is 34.7 Å². The lowest BCUT2D eigenvalue weighted by molar-refractivity contribution is -0.121. The number of carbonyl (C=O) groups is 1. The summed E-state index contributed by atoms with van der Waals surface area (Å²) in [6.45, 7) is 2.38. The van der Waals surface area contributed by atoms with Crippen LogP contribution in [0.5, 0.6) is 23.0 Å². The Labute approximate surface area is 250 Å². The molecular formula is C32H31N3O7S. The molecule has 4 aromatic rings. The van der Waals surface area contributed by atoms with Gasteiger partial charge in [-0.1, -0.05) is 54.1 Å². The highest BCUT2D eigenvalue weighted by Crippen LogP contribution is 2.34. The van der Waals surface area contributed by atoms with Gasteiger partial charge < -0.3 is 18.9 Å². The number of sulfonamides is 1. The van der Waals surface area contributed by atoms with Crippen molar-refractivity contribution < 1.29 is 32.2 Å². The van der Waals surface area contributed by atoms with Crippen LogP contribution in [0.4, 0.5) is 0 Å². The molecule has 1 aliphatic heterocycles. The van der Waals surface area contributed by atoms with E-state index in [1.165, 1.54) is 25.5 Å². The summed E-state index contributed by atoms with van der Waals surface area (Å²) >= 11 is 0. The minimum atomic E-state index is -3.88. The second-order valence-electron chi connectivity index (χ2n) is 9.78. The Hall–Kier alpha value is -4.87. The molecule has 10 nitrogen and oxygen atoms in total. The first-order valence-electron chi connectivity index (χ1n) is 13.5. The first-order chi connectivity index (χ1) is 20.8. The van der Waals surface area contributed by atoms with Crippen molar-refractivity contribution in [3.05, 3.63) is 113 Å². The third-order valence-corrected chi connectivity index (χ3v) is 8.13. The van der Waals surface area contributed by atoms with Crippen LogP contribution in [0, 0.1) is 6.92 Å². The van der Waals surface area contributed by atoms with Gasteiger partial charge in [-0.15, -0.1) is 0 Å². The van der Waals surface area contributed by atoms with Crippen LogP contribution < -0.4 is 29.1 Å². The molecule has 1 aliphatic rings. The molecule has 43 heavy (non-hydrogen) atoms. The summed E-state index contributed by atoms with van der Waals surface area (Å²) in [7, 11) is -2.34. The molecule has 0 fully saturated rings. The molecule has 0 saturated heterocycles. The number of nitrogens with zero attached hydrogens (tertiary/aromatic N) is 1. The molecule has 2 N–H and O–H groups in total. The molecule has 5 rings (SSSR count). The van der Waals surface area contributed by atoms with Crippen molar-refractivity contribution in [3.8, 4) is 23.0 Å². The van der Waals surface area contributed by atoms with Crippen molar-refractivity contribution in [2.75, 3.05) is 13.9 Å². The number of hydrazone groups is 1. The topological polar surface area (TPSA) is 125 Å². The van der Waals surface area contributed by atoms with E-state index in [-0.39, 0.29) is 18.1 Å². The number of hydrogen-bond acceptors (Lipinski definition) is 8. The number of hydrogen-bond donors (Lipinski definition) is 2. The number of ether oxygens (including phenoxy) is 4. The Bertz CT molecular complexity index is 1710. The molecule has 0 spiro atoms. The van der Waals surface area contributed by atoms with Gasteiger partial charge in [0, 0.05) is 6.42 Å². The molecular weight excluding hydrogens is 570 g/mol. The molecule has 222 valence electrons. The third-order valence-electron chi connectivity index (χ3n) is 6.64. The molecule has 4 aromatic carbocycles. The van der Waals surface area contributed by atoms with E-state index in [1.54, 1.807) is 54.6 Å². The van der Waals surface area contributed by atoms with E-state index < -0.39 is 22.0 Å². The largest absolute Gasteiger partial charge is 0.493 e. The highest BCUT2D eigenvalue weighted by atomic mass is 32.2. The number of rotatable bonds is 12. The van der Waals surface area contributed by atoms with Gasteiger partial charge >= 0.3 is 0 Å². The fraction of sp³-hybridized carbons (Fsp3) is 0.188. The average molecular weight is 602 g/mol. The number of fused-ring (bicyclic) bond motifs is 1. The van der Waals surface area contributed by atoms with E-state index in [1.807, 2.05) is 31.2 Å². The third kappa shape index (κ3) is 7.70. The number of benzene rings is 4. The Kier molecular flexibility index (Phi) is 9.23. The summed E-state index contributed by atoms with van der Waals surface area (Å²) in [6.07, 6.45) is 1.30. The number of amides is 1. The zero-order chi connectivity index (χ0) is 30.2. The summed E-state index contributed by atoms with van der Waals surface area (Å²) in [5.74, 6) is 1.95. The molecule has 0 unspecified atom stereocenters. The molecule has 0 bridgehead atoms. The maximum Gasteiger partial charge on any atom is 0.242 e. The van der Waals surface area contributed by atoms with Crippen molar-refractivity contribution in [3.63, 3.8) is 0 Å². The zero-order valence-corrected chi connectivity index (χ0v) is 24.5. The predicted molar refractivity (Wildman–Crippen MR) is 161 cm³/mol. The van der Waals surface area contributed by atoms with Crippen molar-refractivity contribution in [2.24, 2.45) is 5.10 Å². The van der Waals surface area contributed by atoms with E-state index in [2.05, 4.69) is 15.2 Å². The van der Waals surface area contributed by atoms with Gasteiger partial charge in [-0.2, -0.15) is 5.10 Å². The monoisotopic (exact) mass is 601 g/mol. The number of aryl methyl sites for hydroxylation is 1. The lowest BCUT2D eigenvalue weighted by atomic mass is 10.0. The normalized spacial score (nSPS) is 13.1. The Morgan fingerprint density at radius 3 is 2.49 bits per heavy atom. The minimum absolute atomic E-state index is 0.120. The summed E-state index contributed by atoms with van der Waals surface area (Å²) in [5, 5.41) is 4.06. The summed E-state index contributed by atoms with van der Waals surface area (Å²) < 4.78 is 51.0. The molecule has 0 radical (unpaired) electrons. The van der Waals surface area contributed by atoms with Crippen molar-refractivity contribution in [1.29, 1.82) is 0 Å².